The van der Waals surface area contributed by atoms with Gasteiger partial charge in [-0.3, -0.25) is 0 Å². The third kappa shape index (κ3) is 3.45. The van der Waals surface area contributed by atoms with Crippen LogP contribution in [0.5, 0.6) is 0 Å². The van der Waals surface area contributed by atoms with Crippen molar-refractivity contribution >= 4 is 21.6 Å². The molecule has 0 bridgehead atoms. The number of hydrogen-bond acceptors (Lipinski definition) is 3. The molecule has 0 radical (unpaired) electrons. The molecule has 0 heterocycles. The van der Waals surface area contributed by atoms with Gasteiger partial charge in [-0.2, -0.15) is 0 Å². The van der Waals surface area contributed by atoms with Crippen LogP contribution in [0.4, 0.5) is 0 Å². The van der Waals surface area contributed by atoms with Crippen molar-refractivity contribution in [2.45, 2.75) is 24.3 Å². The van der Waals surface area contributed by atoms with E-state index in [1.807, 2.05) is 0 Å². The molecule has 0 fully saturated rings. The average Bonchev–Trinajstić information content (AvgIpc) is 2.26. The van der Waals surface area contributed by atoms with Crippen molar-refractivity contribution in [3.63, 3.8) is 0 Å². The van der Waals surface area contributed by atoms with Crippen LogP contribution in [0.15, 0.2) is 29.2 Å². The first-order chi connectivity index (χ1) is 7.49. The van der Waals surface area contributed by atoms with E-state index in [-0.39, 0.29) is 11.5 Å². The van der Waals surface area contributed by atoms with Crippen molar-refractivity contribution in [2.75, 3.05) is 6.61 Å². The molecule has 6 heteroatoms. The van der Waals surface area contributed by atoms with Gasteiger partial charge in [0.1, 0.15) is 0 Å². The molecule has 16 heavy (non-hydrogen) atoms. The fourth-order valence-electron chi connectivity index (χ4n) is 1.17. The van der Waals surface area contributed by atoms with E-state index >= 15 is 0 Å². The minimum absolute atomic E-state index is 0.104. The van der Waals surface area contributed by atoms with Gasteiger partial charge >= 0.3 is 0 Å². The summed E-state index contributed by atoms with van der Waals surface area (Å²) in [5, 5.41) is 9.30. The summed E-state index contributed by atoms with van der Waals surface area (Å²) >= 11 is 5.71. The van der Waals surface area contributed by atoms with Gasteiger partial charge in [0.2, 0.25) is 10.0 Å². The van der Waals surface area contributed by atoms with Crippen molar-refractivity contribution in [2.24, 2.45) is 0 Å². The second kappa shape index (κ2) is 5.63. The van der Waals surface area contributed by atoms with Gasteiger partial charge in [0.05, 0.1) is 11.5 Å². The van der Waals surface area contributed by atoms with Crippen LogP contribution < -0.4 is 4.72 Å². The van der Waals surface area contributed by atoms with Crippen molar-refractivity contribution < 1.29 is 13.5 Å². The molecule has 0 aliphatic carbocycles. The Labute approximate surface area is 100 Å². The number of rotatable bonds is 5. The molecule has 0 aromatic heterocycles. The molecule has 90 valence electrons. The summed E-state index contributed by atoms with van der Waals surface area (Å²) in [7, 11) is -3.60. The summed E-state index contributed by atoms with van der Waals surface area (Å²) < 4.78 is 26.1. The van der Waals surface area contributed by atoms with Crippen LogP contribution in [0.25, 0.3) is 0 Å². The zero-order valence-electron chi connectivity index (χ0n) is 8.85. The number of halogens is 1. The van der Waals surface area contributed by atoms with Crippen LogP contribution in [0.1, 0.15) is 13.3 Å². The van der Waals surface area contributed by atoms with Crippen LogP contribution in [0, 0.1) is 0 Å². The zero-order chi connectivity index (χ0) is 12.2. The maximum absolute atomic E-state index is 11.8. The van der Waals surface area contributed by atoms with E-state index in [0.29, 0.717) is 11.4 Å². The number of benzene rings is 1. The summed E-state index contributed by atoms with van der Waals surface area (Å²) in [6.45, 7) is 1.57. The number of nitrogens with one attached hydrogen (secondary N) is 1. The van der Waals surface area contributed by atoms with Gasteiger partial charge in [-0.15, -0.1) is 0 Å². The SMILES string of the molecule is CC[C@@H](CO)NS(=O)(=O)c1cccc(Cl)c1. The fourth-order valence-corrected chi connectivity index (χ4v) is 2.78. The molecule has 0 amide bonds. The van der Waals surface area contributed by atoms with Crippen LogP contribution in [0.2, 0.25) is 5.02 Å². The van der Waals surface area contributed by atoms with Gasteiger partial charge in [0, 0.05) is 11.1 Å². The molecule has 1 atom stereocenters. The Morgan fingerprint density at radius 3 is 2.69 bits per heavy atom. The van der Waals surface area contributed by atoms with Crippen LogP contribution in [-0.2, 0) is 10.0 Å². The minimum Gasteiger partial charge on any atom is -0.395 e. The highest BCUT2D eigenvalue weighted by atomic mass is 35.5. The first kappa shape index (κ1) is 13.4. The predicted octanol–water partition coefficient (Wildman–Crippen LogP) is 1.39. The van der Waals surface area contributed by atoms with E-state index in [9.17, 15) is 8.42 Å². The smallest absolute Gasteiger partial charge is 0.240 e. The van der Waals surface area contributed by atoms with Gasteiger partial charge < -0.3 is 5.11 Å². The van der Waals surface area contributed by atoms with E-state index in [4.69, 9.17) is 16.7 Å². The van der Waals surface area contributed by atoms with Crippen molar-refractivity contribution in [1.29, 1.82) is 0 Å². The lowest BCUT2D eigenvalue weighted by molar-refractivity contribution is 0.254. The molecule has 0 aliphatic heterocycles. The summed E-state index contributed by atoms with van der Waals surface area (Å²) in [4.78, 5) is 0.104. The highest BCUT2D eigenvalue weighted by Gasteiger charge is 2.18. The topological polar surface area (TPSA) is 66.4 Å². The van der Waals surface area contributed by atoms with Crippen molar-refractivity contribution in [1.82, 2.24) is 4.72 Å². The third-order valence-electron chi connectivity index (χ3n) is 2.14. The van der Waals surface area contributed by atoms with Gasteiger partial charge in [-0.1, -0.05) is 24.6 Å². The first-order valence-corrected chi connectivity index (χ1v) is 6.74. The monoisotopic (exact) mass is 263 g/mol. The van der Waals surface area contributed by atoms with E-state index in [0.717, 1.165) is 0 Å². The number of sulfonamides is 1. The highest BCUT2D eigenvalue weighted by Crippen LogP contribution is 2.15. The number of hydrogen-bond donors (Lipinski definition) is 2. The average molecular weight is 264 g/mol. The predicted molar refractivity (Wildman–Crippen MR) is 62.9 cm³/mol. The zero-order valence-corrected chi connectivity index (χ0v) is 10.4. The Hall–Kier alpha value is -0.620. The molecule has 0 aliphatic rings. The Morgan fingerprint density at radius 1 is 1.50 bits per heavy atom. The van der Waals surface area contributed by atoms with Crippen LogP contribution in [0.3, 0.4) is 0 Å². The largest absolute Gasteiger partial charge is 0.395 e. The summed E-state index contributed by atoms with van der Waals surface area (Å²) in [6, 6.07) is 5.52. The molecule has 1 rings (SSSR count). The first-order valence-electron chi connectivity index (χ1n) is 4.88. The standard InChI is InChI=1S/C10H14ClNO3S/c1-2-9(7-13)12-16(14,15)10-5-3-4-8(11)6-10/h3-6,9,12-13H,2,7H2,1H3/t9-/m0/s1. The maximum Gasteiger partial charge on any atom is 0.240 e. The molecule has 1 aromatic rings. The summed E-state index contributed by atoms with van der Waals surface area (Å²) in [6.07, 6.45) is 0.524. The fraction of sp³-hybridized carbons (Fsp3) is 0.400. The van der Waals surface area contributed by atoms with Crippen LogP contribution in [-0.4, -0.2) is 26.2 Å². The van der Waals surface area contributed by atoms with E-state index in [1.54, 1.807) is 19.1 Å². The Kier molecular flexibility index (Phi) is 4.73. The van der Waals surface area contributed by atoms with E-state index < -0.39 is 16.1 Å². The molecular formula is C10H14ClNO3S. The Balaban J connectivity index is 2.94. The number of aliphatic hydroxyl groups excluding tert-OH is 1. The van der Waals surface area contributed by atoms with Gasteiger partial charge in [0.25, 0.3) is 0 Å². The molecule has 0 unspecified atom stereocenters. The lowest BCUT2D eigenvalue weighted by Crippen LogP contribution is -2.36. The molecule has 2 N–H and O–H groups in total. The second-order valence-electron chi connectivity index (χ2n) is 3.37. The summed E-state index contributed by atoms with van der Waals surface area (Å²) in [5.74, 6) is 0. The van der Waals surface area contributed by atoms with Gasteiger partial charge in [0.15, 0.2) is 0 Å². The lowest BCUT2D eigenvalue weighted by atomic mass is 10.3. The third-order valence-corrected chi connectivity index (χ3v) is 3.89. The Morgan fingerprint density at radius 2 is 2.19 bits per heavy atom. The molecular weight excluding hydrogens is 250 g/mol. The minimum atomic E-state index is -3.60. The number of aliphatic hydroxyl groups is 1. The van der Waals surface area contributed by atoms with Crippen LogP contribution >= 0.6 is 11.6 Å². The van der Waals surface area contributed by atoms with Gasteiger partial charge in [-0.25, -0.2) is 13.1 Å². The van der Waals surface area contributed by atoms with Gasteiger partial charge in [-0.05, 0) is 24.6 Å². The molecule has 0 saturated carbocycles. The molecule has 0 saturated heterocycles. The van der Waals surface area contributed by atoms with Crippen molar-refractivity contribution in [3.05, 3.63) is 29.3 Å². The van der Waals surface area contributed by atoms with E-state index in [2.05, 4.69) is 4.72 Å². The molecule has 0 spiro atoms. The lowest BCUT2D eigenvalue weighted by Gasteiger charge is -2.14. The molecule has 1 aromatic carbocycles. The van der Waals surface area contributed by atoms with Crippen molar-refractivity contribution in [3.8, 4) is 0 Å². The summed E-state index contributed by atoms with van der Waals surface area (Å²) in [5.41, 5.74) is 0. The highest BCUT2D eigenvalue weighted by molar-refractivity contribution is 7.89. The Bertz CT molecular complexity index is 443. The van der Waals surface area contributed by atoms with E-state index in [1.165, 1.54) is 12.1 Å². The quantitative estimate of drug-likeness (QED) is 0.844. The maximum atomic E-state index is 11.8. The second-order valence-corrected chi connectivity index (χ2v) is 5.52. The molecule has 4 nitrogen and oxygen atoms in total. The normalized spacial score (nSPS) is 13.7.